The summed E-state index contributed by atoms with van der Waals surface area (Å²) in [7, 11) is 0. The molecule has 0 unspecified atom stereocenters. The number of amides is 1. The lowest BCUT2D eigenvalue weighted by Crippen LogP contribution is -2.52. The third-order valence-electron chi connectivity index (χ3n) is 6.12. The quantitative estimate of drug-likeness (QED) is 0.627. The van der Waals surface area contributed by atoms with Gasteiger partial charge in [0.05, 0.1) is 16.6 Å². The van der Waals surface area contributed by atoms with Gasteiger partial charge < -0.3 is 10.6 Å². The zero-order valence-electron chi connectivity index (χ0n) is 17.2. The minimum atomic E-state index is -1.24. The molecule has 0 saturated carbocycles. The van der Waals surface area contributed by atoms with Gasteiger partial charge >= 0.3 is 0 Å². The van der Waals surface area contributed by atoms with E-state index in [9.17, 15) is 4.79 Å². The van der Waals surface area contributed by atoms with E-state index in [-0.39, 0.29) is 40.1 Å². The first-order valence-corrected chi connectivity index (χ1v) is 10.6. The number of nitrogens with one attached hydrogen (secondary N) is 2. The highest BCUT2D eigenvalue weighted by molar-refractivity contribution is 6.30. The van der Waals surface area contributed by atoms with E-state index in [1.807, 2.05) is 0 Å². The summed E-state index contributed by atoms with van der Waals surface area (Å²) in [5.41, 5.74) is -0.878. The molecule has 1 amide bonds. The van der Waals surface area contributed by atoms with Crippen molar-refractivity contribution in [2.45, 2.75) is 18.4 Å². The highest BCUT2D eigenvalue weighted by Gasteiger charge is 2.46. The molecular formula is C23H20ClF2N5O. The normalized spacial score (nSPS) is 20.6. The third kappa shape index (κ3) is 3.22. The molecule has 1 atom stereocenters. The Labute approximate surface area is 188 Å². The highest BCUT2D eigenvalue weighted by atomic mass is 35.5. The van der Waals surface area contributed by atoms with E-state index in [1.54, 1.807) is 43.5 Å². The molecule has 2 aliphatic rings. The van der Waals surface area contributed by atoms with E-state index in [4.69, 9.17) is 11.6 Å². The third-order valence-corrected chi connectivity index (χ3v) is 6.41. The number of fused-ring (bicyclic) bond motifs is 1. The van der Waals surface area contributed by atoms with Crippen LogP contribution < -0.4 is 15.5 Å². The Balaban J connectivity index is 1.72. The fourth-order valence-electron chi connectivity index (χ4n) is 4.33. The van der Waals surface area contributed by atoms with Crippen molar-refractivity contribution in [1.29, 1.82) is 0 Å². The second-order valence-corrected chi connectivity index (χ2v) is 8.63. The van der Waals surface area contributed by atoms with Gasteiger partial charge in [-0.25, -0.2) is 18.7 Å². The summed E-state index contributed by atoms with van der Waals surface area (Å²) in [5, 5.41) is 6.10. The predicted octanol–water partition coefficient (Wildman–Crippen LogP) is 3.76. The lowest BCUT2D eigenvalue weighted by molar-refractivity contribution is 0.0968. The highest BCUT2D eigenvalue weighted by Crippen LogP contribution is 2.44. The molecule has 9 heteroatoms. The molecule has 1 fully saturated rings. The summed E-state index contributed by atoms with van der Waals surface area (Å²) < 4.78 is 31.1. The van der Waals surface area contributed by atoms with Gasteiger partial charge in [-0.15, -0.1) is 0 Å². The monoisotopic (exact) mass is 455 g/mol. The van der Waals surface area contributed by atoms with E-state index in [1.165, 1.54) is 17.2 Å². The lowest BCUT2D eigenvalue weighted by Gasteiger charge is -2.42. The van der Waals surface area contributed by atoms with Crippen LogP contribution >= 0.6 is 11.6 Å². The van der Waals surface area contributed by atoms with Crippen LogP contribution in [0.1, 0.15) is 28.4 Å². The first kappa shape index (κ1) is 20.8. The number of halogens is 3. The molecule has 2 aromatic heterocycles. The van der Waals surface area contributed by atoms with Gasteiger partial charge in [0.2, 0.25) is 0 Å². The topological polar surface area (TPSA) is 70.2 Å². The molecule has 2 N–H and O–H groups in total. The number of hydrogen-bond donors (Lipinski definition) is 2. The molecule has 3 aromatic rings. The number of hydrogen-bond acceptors (Lipinski definition) is 5. The second-order valence-electron chi connectivity index (χ2n) is 8.22. The number of carbonyl (C=O) groups excluding carboxylic acids is 1. The first-order chi connectivity index (χ1) is 15.4. The maximum absolute atomic E-state index is 15.9. The molecule has 1 aromatic carbocycles. The van der Waals surface area contributed by atoms with E-state index in [0.717, 1.165) is 0 Å². The number of pyridine rings is 2. The first-order valence-electron chi connectivity index (χ1n) is 10.2. The number of aromatic nitrogens is 2. The van der Waals surface area contributed by atoms with Crippen molar-refractivity contribution in [1.82, 2.24) is 15.3 Å². The summed E-state index contributed by atoms with van der Waals surface area (Å²) in [5.74, 6) is -1.32. The van der Waals surface area contributed by atoms with Gasteiger partial charge in [0, 0.05) is 48.6 Å². The molecule has 6 nitrogen and oxygen atoms in total. The number of carbonyl (C=O) groups is 1. The van der Waals surface area contributed by atoms with E-state index < -0.39 is 23.0 Å². The van der Waals surface area contributed by atoms with Crippen LogP contribution in [0.5, 0.6) is 0 Å². The van der Waals surface area contributed by atoms with Crippen LogP contribution in [0.3, 0.4) is 0 Å². The van der Waals surface area contributed by atoms with Crippen molar-refractivity contribution in [3.8, 4) is 0 Å². The molecule has 32 heavy (non-hydrogen) atoms. The maximum atomic E-state index is 15.9. The Morgan fingerprint density at radius 1 is 1.16 bits per heavy atom. The Hall–Kier alpha value is -3.10. The van der Waals surface area contributed by atoms with Crippen molar-refractivity contribution in [3.05, 3.63) is 82.1 Å². The van der Waals surface area contributed by atoms with Gasteiger partial charge in [0.25, 0.3) is 5.91 Å². The lowest BCUT2D eigenvalue weighted by atomic mass is 9.71. The van der Waals surface area contributed by atoms with Crippen LogP contribution in [-0.4, -0.2) is 41.6 Å². The molecule has 0 spiro atoms. The molecule has 2 aliphatic heterocycles. The average molecular weight is 456 g/mol. The summed E-state index contributed by atoms with van der Waals surface area (Å²) in [4.78, 5) is 23.3. The standard InChI is InChI=1S/C23H20ClF2N5O/c1-23(15-5-4-6-16(24)19(15)25)12-31(17-7-2-3-8-28-17)22(32)14-11-29-21(20(26)18(14)23)30-13-9-27-10-13/h2-8,11,13,27H,9-10,12H2,1H3,(H,29,30)/t23-/m1/s1. The number of rotatable bonds is 4. The van der Waals surface area contributed by atoms with Crippen molar-refractivity contribution >= 4 is 29.1 Å². The van der Waals surface area contributed by atoms with Crippen LogP contribution in [0.25, 0.3) is 0 Å². The minimum absolute atomic E-state index is 0.0154. The number of anilines is 2. The Morgan fingerprint density at radius 2 is 1.97 bits per heavy atom. The van der Waals surface area contributed by atoms with Crippen molar-refractivity contribution in [3.63, 3.8) is 0 Å². The summed E-state index contributed by atoms with van der Waals surface area (Å²) in [6.07, 6.45) is 2.92. The molecule has 0 aliphatic carbocycles. The predicted molar refractivity (Wildman–Crippen MR) is 118 cm³/mol. The molecule has 1 saturated heterocycles. The summed E-state index contributed by atoms with van der Waals surface area (Å²) >= 11 is 6.08. The van der Waals surface area contributed by atoms with Crippen LogP contribution in [-0.2, 0) is 5.41 Å². The Morgan fingerprint density at radius 3 is 2.66 bits per heavy atom. The van der Waals surface area contributed by atoms with Gasteiger partial charge in [-0.2, -0.15) is 0 Å². The molecular weight excluding hydrogens is 436 g/mol. The zero-order valence-corrected chi connectivity index (χ0v) is 18.0. The fraction of sp³-hybridized carbons (Fsp3) is 0.261. The minimum Gasteiger partial charge on any atom is -0.362 e. The van der Waals surface area contributed by atoms with Gasteiger partial charge in [-0.3, -0.25) is 9.69 Å². The van der Waals surface area contributed by atoms with E-state index in [2.05, 4.69) is 20.6 Å². The van der Waals surface area contributed by atoms with Gasteiger partial charge in [-0.1, -0.05) is 29.8 Å². The maximum Gasteiger partial charge on any atom is 0.261 e. The second kappa shape index (κ2) is 7.79. The Kier molecular flexibility index (Phi) is 5.06. The van der Waals surface area contributed by atoms with Gasteiger partial charge in [0.1, 0.15) is 11.6 Å². The molecule has 164 valence electrons. The van der Waals surface area contributed by atoms with Gasteiger partial charge in [-0.05, 0) is 25.1 Å². The van der Waals surface area contributed by atoms with Crippen LogP contribution in [0.4, 0.5) is 20.4 Å². The van der Waals surface area contributed by atoms with Crippen molar-refractivity contribution in [2.24, 2.45) is 0 Å². The largest absolute Gasteiger partial charge is 0.362 e. The summed E-state index contributed by atoms with van der Waals surface area (Å²) in [6.45, 7) is 3.06. The van der Waals surface area contributed by atoms with Crippen LogP contribution in [0, 0.1) is 11.6 Å². The smallest absolute Gasteiger partial charge is 0.261 e. The molecule has 4 heterocycles. The van der Waals surface area contributed by atoms with Gasteiger partial charge in [0.15, 0.2) is 11.6 Å². The SMILES string of the molecule is C[C@]1(c2cccc(Cl)c2F)CN(c2ccccn2)C(=O)c2cnc(NC3CNC3)c(F)c21. The summed E-state index contributed by atoms with van der Waals surface area (Å²) in [6, 6.07) is 9.83. The van der Waals surface area contributed by atoms with Crippen molar-refractivity contribution < 1.29 is 13.6 Å². The average Bonchev–Trinajstić information content (AvgIpc) is 2.76. The fourth-order valence-corrected chi connectivity index (χ4v) is 4.51. The number of benzene rings is 1. The molecule has 0 radical (unpaired) electrons. The Bertz CT molecular complexity index is 1200. The van der Waals surface area contributed by atoms with Crippen LogP contribution in [0.15, 0.2) is 48.8 Å². The van der Waals surface area contributed by atoms with Crippen LogP contribution in [0.2, 0.25) is 5.02 Å². The molecule has 0 bridgehead atoms. The molecule has 5 rings (SSSR count). The zero-order chi connectivity index (χ0) is 22.5. The number of nitrogens with zero attached hydrogens (tertiary/aromatic N) is 3. The van der Waals surface area contributed by atoms with E-state index >= 15 is 8.78 Å². The van der Waals surface area contributed by atoms with E-state index in [0.29, 0.717) is 18.9 Å². The van der Waals surface area contributed by atoms with Crippen molar-refractivity contribution in [2.75, 3.05) is 29.9 Å².